The largest absolute Gasteiger partial charge is 0.265 e. The molecule has 0 spiro atoms. The molecule has 0 radical (unpaired) electrons. The number of aryl methyl sites for hydroxylation is 1. The van der Waals surface area contributed by atoms with E-state index in [1.54, 1.807) is 19.1 Å². The summed E-state index contributed by atoms with van der Waals surface area (Å²) in [5.41, 5.74) is 0. The van der Waals surface area contributed by atoms with Crippen molar-refractivity contribution < 1.29 is 9.22 Å². The highest BCUT2D eigenvalue weighted by Crippen LogP contribution is 2.23. The summed E-state index contributed by atoms with van der Waals surface area (Å²) < 4.78 is 5.11. The Bertz CT molecular complexity index is 366. The van der Waals surface area contributed by atoms with Crippen molar-refractivity contribution in [3.05, 3.63) is 5.01 Å². The zero-order chi connectivity index (χ0) is 10.4. The van der Waals surface area contributed by atoms with E-state index >= 15 is 0 Å². The molecule has 1 aromatic heterocycles. The fourth-order valence-electron chi connectivity index (χ4n) is 0.472. The first-order valence-corrected chi connectivity index (χ1v) is 4.91. The number of nitriles is 2. The van der Waals surface area contributed by atoms with E-state index in [4.69, 9.17) is 10.5 Å². The zero-order valence-corrected chi connectivity index (χ0v) is 8.63. The van der Waals surface area contributed by atoms with Crippen LogP contribution in [0.1, 0.15) is 5.01 Å². The molecule has 72 valence electrons. The Morgan fingerprint density at radius 2 is 2.14 bits per heavy atom. The van der Waals surface area contributed by atoms with Gasteiger partial charge in [0, 0.05) is 0 Å². The molecule has 14 heavy (non-hydrogen) atoms. The Kier molecular flexibility index (Phi) is 4.29. The van der Waals surface area contributed by atoms with Gasteiger partial charge in [0.25, 0.3) is 6.10 Å². The minimum absolute atomic E-state index is 0.553. The summed E-state index contributed by atoms with van der Waals surface area (Å²) in [6.45, 7) is 1.80. The van der Waals surface area contributed by atoms with Gasteiger partial charge in [0.15, 0.2) is 0 Å². The summed E-state index contributed by atoms with van der Waals surface area (Å²) in [6.07, 6.45) is -1.23. The second-order valence-electron chi connectivity index (χ2n) is 1.97. The van der Waals surface area contributed by atoms with Gasteiger partial charge in [-0.15, -0.1) is 10.2 Å². The van der Waals surface area contributed by atoms with E-state index in [0.717, 1.165) is 17.1 Å². The SMILES string of the molecule is Cc1nnc(SOOC(C#N)C#N)s1. The van der Waals surface area contributed by atoms with Crippen molar-refractivity contribution in [3.63, 3.8) is 0 Å². The average molecular weight is 228 g/mol. The van der Waals surface area contributed by atoms with Gasteiger partial charge in [-0.05, 0) is 6.92 Å². The molecule has 0 saturated heterocycles. The van der Waals surface area contributed by atoms with Crippen molar-refractivity contribution in [1.29, 1.82) is 10.5 Å². The lowest BCUT2D eigenvalue weighted by Crippen LogP contribution is -2.04. The maximum absolute atomic E-state index is 8.32. The fourth-order valence-corrected chi connectivity index (χ4v) is 1.72. The van der Waals surface area contributed by atoms with Crippen LogP contribution < -0.4 is 0 Å². The van der Waals surface area contributed by atoms with Gasteiger partial charge in [0.2, 0.25) is 4.34 Å². The quantitative estimate of drug-likeness (QED) is 0.434. The molecule has 1 aromatic rings. The third kappa shape index (κ3) is 3.28. The van der Waals surface area contributed by atoms with Gasteiger partial charge in [0.05, 0.1) is 0 Å². The highest BCUT2D eigenvalue weighted by molar-refractivity contribution is 7.96. The average Bonchev–Trinajstić information content (AvgIpc) is 2.59. The predicted octanol–water partition coefficient (Wildman–Crippen LogP) is 1.22. The molecule has 0 aromatic carbocycles. The van der Waals surface area contributed by atoms with Crippen molar-refractivity contribution in [2.75, 3.05) is 0 Å². The molecule has 0 saturated carbocycles. The highest BCUT2D eigenvalue weighted by Gasteiger charge is 2.08. The lowest BCUT2D eigenvalue weighted by atomic mass is 10.5. The summed E-state index contributed by atoms with van der Waals surface area (Å²) in [6, 6.07) is 3.18. The fraction of sp³-hybridized carbons (Fsp3) is 0.333. The summed E-state index contributed by atoms with van der Waals surface area (Å²) in [4.78, 5) is 4.43. The smallest absolute Gasteiger partial charge is 0.194 e. The Balaban J connectivity index is 2.30. The molecule has 1 rings (SSSR count). The molecule has 0 N–H and O–H groups in total. The third-order valence-corrected chi connectivity index (χ3v) is 2.44. The van der Waals surface area contributed by atoms with Crippen LogP contribution in [0, 0.1) is 29.6 Å². The van der Waals surface area contributed by atoms with Crippen molar-refractivity contribution in [2.45, 2.75) is 17.4 Å². The van der Waals surface area contributed by atoms with Gasteiger partial charge in [-0.25, -0.2) is 0 Å². The molecular weight excluding hydrogens is 224 g/mol. The minimum atomic E-state index is -1.23. The maximum Gasteiger partial charge on any atom is 0.265 e. The molecule has 6 nitrogen and oxygen atoms in total. The number of nitrogens with zero attached hydrogens (tertiary/aromatic N) is 4. The topological polar surface area (TPSA) is 91.8 Å². The van der Waals surface area contributed by atoms with E-state index in [-0.39, 0.29) is 0 Å². The van der Waals surface area contributed by atoms with Crippen LogP contribution in [0.4, 0.5) is 0 Å². The summed E-state index contributed by atoms with van der Waals surface area (Å²) in [7, 11) is 0. The monoisotopic (exact) mass is 228 g/mol. The summed E-state index contributed by atoms with van der Waals surface area (Å²) >= 11 is 2.15. The molecule has 0 bridgehead atoms. The first kappa shape index (κ1) is 10.9. The van der Waals surface area contributed by atoms with Gasteiger partial charge in [-0.2, -0.15) is 19.7 Å². The molecule has 0 amide bonds. The molecule has 0 fully saturated rings. The van der Waals surface area contributed by atoms with Gasteiger partial charge in [-0.3, -0.25) is 0 Å². The first-order valence-electron chi connectivity index (χ1n) is 3.35. The standard InChI is InChI=1S/C6H4N4O2S2/c1-4-9-10-6(13-4)14-12-11-5(2-7)3-8/h5H,1H3. The molecule has 0 aliphatic carbocycles. The molecule has 1 heterocycles. The van der Waals surface area contributed by atoms with E-state index in [1.807, 2.05) is 0 Å². The third-order valence-electron chi connectivity index (χ3n) is 0.983. The number of hydrogen-bond donors (Lipinski definition) is 0. The van der Waals surface area contributed by atoms with E-state index in [0.29, 0.717) is 4.34 Å². The second-order valence-corrected chi connectivity index (χ2v) is 4.10. The van der Waals surface area contributed by atoms with Crippen molar-refractivity contribution >= 4 is 23.4 Å². The Hall–Kier alpha value is -1.19. The molecule has 0 atom stereocenters. The lowest BCUT2D eigenvalue weighted by Gasteiger charge is -1.97. The molecule has 0 aliphatic heterocycles. The van der Waals surface area contributed by atoms with Crippen LogP contribution in [-0.2, 0) is 9.22 Å². The molecular formula is C6H4N4O2S2. The van der Waals surface area contributed by atoms with Gasteiger partial charge >= 0.3 is 0 Å². The van der Waals surface area contributed by atoms with Crippen molar-refractivity contribution in [2.24, 2.45) is 0 Å². The predicted molar refractivity (Wildman–Crippen MR) is 47.7 cm³/mol. The normalized spacial score (nSPS) is 9.71. The van der Waals surface area contributed by atoms with E-state index in [2.05, 4.69) is 19.4 Å². The first-order chi connectivity index (χ1) is 6.76. The Labute approximate surface area is 88.2 Å². The van der Waals surface area contributed by atoms with Gasteiger partial charge in [-0.1, -0.05) is 11.3 Å². The zero-order valence-electron chi connectivity index (χ0n) is 7.00. The number of rotatable bonds is 4. The van der Waals surface area contributed by atoms with Crippen molar-refractivity contribution in [3.8, 4) is 12.1 Å². The second kappa shape index (κ2) is 5.52. The van der Waals surface area contributed by atoms with Crippen LogP contribution in [0.25, 0.3) is 0 Å². The summed E-state index contributed by atoms with van der Waals surface area (Å²) in [5.74, 6) is 0. The van der Waals surface area contributed by atoms with Crippen LogP contribution >= 0.6 is 23.4 Å². The van der Waals surface area contributed by atoms with E-state index in [1.165, 1.54) is 11.3 Å². The van der Waals surface area contributed by atoms with Gasteiger partial charge in [0.1, 0.15) is 29.2 Å². The number of hydrogen-bond acceptors (Lipinski definition) is 8. The van der Waals surface area contributed by atoms with Crippen LogP contribution in [-0.4, -0.2) is 16.3 Å². The van der Waals surface area contributed by atoms with Crippen LogP contribution in [0.2, 0.25) is 0 Å². The Morgan fingerprint density at radius 3 is 2.64 bits per heavy atom. The van der Waals surface area contributed by atoms with E-state index < -0.39 is 6.10 Å². The van der Waals surface area contributed by atoms with Crippen molar-refractivity contribution in [1.82, 2.24) is 10.2 Å². The van der Waals surface area contributed by atoms with E-state index in [9.17, 15) is 0 Å². The lowest BCUT2D eigenvalue weighted by molar-refractivity contribution is -0.199. The summed E-state index contributed by atoms with van der Waals surface area (Å²) in [5, 5.41) is 24.9. The Morgan fingerprint density at radius 1 is 1.43 bits per heavy atom. The molecule has 0 aliphatic rings. The van der Waals surface area contributed by atoms with Crippen LogP contribution in [0.5, 0.6) is 0 Å². The van der Waals surface area contributed by atoms with Gasteiger partial charge < -0.3 is 0 Å². The minimum Gasteiger partial charge on any atom is -0.194 e. The molecule has 0 unspecified atom stereocenters. The maximum atomic E-state index is 8.32. The van der Waals surface area contributed by atoms with Crippen LogP contribution in [0.15, 0.2) is 4.34 Å². The molecule has 8 heteroatoms. The highest BCUT2D eigenvalue weighted by atomic mass is 32.2. The number of aromatic nitrogens is 2. The van der Waals surface area contributed by atoms with Crippen LogP contribution in [0.3, 0.4) is 0 Å².